The number of rotatable bonds is 11. The molecule has 2 aromatic carbocycles. The van der Waals surface area contributed by atoms with E-state index in [-0.39, 0.29) is 24.3 Å². The predicted molar refractivity (Wildman–Crippen MR) is 144 cm³/mol. The zero-order chi connectivity index (χ0) is 26.2. The fourth-order valence-electron chi connectivity index (χ4n) is 4.79. The van der Waals surface area contributed by atoms with Gasteiger partial charge in [-0.3, -0.25) is 9.59 Å². The highest BCUT2D eigenvalue weighted by Gasteiger charge is 2.36. The number of methoxy groups -OCH3 is 1. The zero-order valence-corrected chi connectivity index (χ0v) is 22.2. The highest BCUT2D eigenvalue weighted by molar-refractivity contribution is 6.34. The monoisotopic (exact) mass is 515 g/mol. The fourth-order valence-corrected chi connectivity index (χ4v) is 5.07. The van der Waals surface area contributed by atoms with Gasteiger partial charge >= 0.3 is 0 Å². The molecule has 2 amide bonds. The van der Waals surface area contributed by atoms with Crippen molar-refractivity contribution >= 4 is 29.1 Å². The summed E-state index contributed by atoms with van der Waals surface area (Å²) in [5.41, 5.74) is 9.55. The van der Waals surface area contributed by atoms with Crippen molar-refractivity contribution in [1.82, 2.24) is 4.90 Å². The number of aryl methyl sites for hydroxylation is 1. The van der Waals surface area contributed by atoms with E-state index in [0.717, 1.165) is 36.1 Å². The summed E-state index contributed by atoms with van der Waals surface area (Å²) < 4.78 is 5.19. The number of nitrogens with zero attached hydrogens (tertiary/aromatic N) is 2. The van der Waals surface area contributed by atoms with Crippen LogP contribution in [-0.2, 0) is 20.7 Å². The third-order valence-corrected chi connectivity index (χ3v) is 7.18. The summed E-state index contributed by atoms with van der Waals surface area (Å²) in [4.78, 5) is 29.8. The van der Waals surface area contributed by atoms with Crippen LogP contribution in [0.2, 0.25) is 5.02 Å². The summed E-state index contributed by atoms with van der Waals surface area (Å²) in [7, 11) is 3.29. The highest BCUT2D eigenvalue weighted by Crippen LogP contribution is 2.38. The second kappa shape index (κ2) is 13.2. The highest BCUT2D eigenvalue weighted by atomic mass is 35.5. The molecule has 0 saturated heterocycles. The minimum atomic E-state index is -0.687. The van der Waals surface area contributed by atoms with Gasteiger partial charge in [0.25, 0.3) is 0 Å². The minimum absolute atomic E-state index is 0.0775. The molecule has 3 rings (SSSR count). The Morgan fingerprint density at radius 1 is 1.17 bits per heavy atom. The van der Waals surface area contributed by atoms with Crippen LogP contribution in [-0.4, -0.2) is 67.8 Å². The molecule has 196 valence electrons. The van der Waals surface area contributed by atoms with Gasteiger partial charge in [0.15, 0.2) is 0 Å². The molecule has 3 atom stereocenters. The van der Waals surface area contributed by atoms with Crippen LogP contribution in [0.15, 0.2) is 42.5 Å². The molecule has 0 unspecified atom stereocenters. The van der Waals surface area contributed by atoms with Gasteiger partial charge in [-0.2, -0.15) is 0 Å². The molecule has 0 spiro atoms. The molecule has 8 heteroatoms. The van der Waals surface area contributed by atoms with Crippen LogP contribution >= 0.6 is 11.6 Å². The number of unbranched alkanes of at least 4 members (excludes halogenated alkanes) is 1. The number of anilines is 1. The number of aliphatic hydroxyl groups excluding tert-OH is 1. The second-order valence-corrected chi connectivity index (χ2v) is 9.93. The maximum absolute atomic E-state index is 13.7. The molecule has 3 N–H and O–H groups in total. The van der Waals surface area contributed by atoms with E-state index in [4.69, 9.17) is 22.1 Å². The Balaban J connectivity index is 1.89. The summed E-state index contributed by atoms with van der Waals surface area (Å²) in [6.07, 6.45) is 2.49. The van der Waals surface area contributed by atoms with Crippen molar-refractivity contribution in [2.45, 2.75) is 51.2 Å². The standard InChI is InChI=1S/C28H38ClN3O4/c1-4-19-9-7-10-20(15-19)27-22(29)11-8-12-24(27)32(13-5-6-14-36-3)26(34)18-31(2)28(35)21-16-23(30)25(33)17-21/h7-12,15,21,23,25,33H,4-6,13-14,16-18,30H2,1-3H3/t21-,23+,25-/m0/s1. The number of benzene rings is 2. The topological polar surface area (TPSA) is 96.1 Å². The Kier molecular flexibility index (Phi) is 10.3. The van der Waals surface area contributed by atoms with Crippen LogP contribution in [0.4, 0.5) is 5.69 Å². The lowest BCUT2D eigenvalue weighted by molar-refractivity contribution is -0.137. The van der Waals surface area contributed by atoms with E-state index in [1.165, 1.54) is 10.5 Å². The van der Waals surface area contributed by atoms with Gasteiger partial charge in [0.1, 0.15) is 0 Å². The third-order valence-electron chi connectivity index (χ3n) is 6.86. The van der Waals surface area contributed by atoms with Crippen molar-refractivity contribution in [2.75, 3.05) is 38.8 Å². The Hall–Kier alpha value is -2.45. The first-order valence-electron chi connectivity index (χ1n) is 12.6. The molecule has 0 radical (unpaired) electrons. The van der Waals surface area contributed by atoms with Crippen LogP contribution in [0, 0.1) is 5.92 Å². The summed E-state index contributed by atoms with van der Waals surface area (Å²) in [6.45, 7) is 3.09. The Bertz CT molecular complexity index is 1040. The quantitative estimate of drug-likeness (QED) is 0.443. The van der Waals surface area contributed by atoms with E-state index in [9.17, 15) is 14.7 Å². The number of amides is 2. The number of nitrogens with two attached hydrogens (primary N) is 1. The summed E-state index contributed by atoms with van der Waals surface area (Å²) in [5, 5.41) is 10.5. The first-order valence-corrected chi connectivity index (χ1v) is 13.0. The molecule has 36 heavy (non-hydrogen) atoms. The van der Waals surface area contributed by atoms with Gasteiger partial charge in [-0.05, 0) is 55.4 Å². The largest absolute Gasteiger partial charge is 0.391 e. The van der Waals surface area contributed by atoms with Gasteiger partial charge in [0, 0.05) is 44.8 Å². The maximum Gasteiger partial charge on any atom is 0.246 e. The maximum atomic E-state index is 13.7. The second-order valence-electron chi connectivity index (χ2n) is 9.53. The summed E-state index contributed by atoms with van der Waals surface area (Å²) in [5.74, 6) is -0.737. The van der Waals surface area contributed by atoms with Gasteiger partial charge in [0.2, 0.25) is 11.8 Å². The number of hydrogen-bond acceptors (Lipinski definition) is 5. The van der Waals surface area contributed by atoms with Crippen molar-refractivity contribution in [3.63, 3.8) is 0 Å². The van der Waals surface area contributed by atoms with Gasteiger partial charge in [-0.25, -0.2) is 0 Å². The van der Waals surface area contributed by atoms with Crippen molar-refractivity contribution in [1.29, 1.82) is 0 Å². The van der Waals surface area contributed by atoms with Crippen molar-refractivity contribution in [3.8, 4) is 11.1 Å². The molecule has 7 nitrogen and oxygen atoms in total. The molecule has 1 aliphatic rings. The number of carbonyl (C=O) groups excluding carboxylic acids is 2. The van der Waals surface area contributed by atoms with Gasteiger partial charge in [-0.15, -0.1) is 0 Å². The first-order chi connectivity index (χ1) is 17.3. The predicted octanol–water partition coefficient (Wildman–Crippen LogP) is 3.89. The van der Waals surface area contributed by atoms with E-state index in [1.54, 1.807) is 19.1 Å². The molecule has 0 aromatic heterocycles. The number of hydrogen-bond donors (Lipinski definition) is 2. The van der Waals surface area contributed by atoms with Crippen LogP contribution in [0.3, 0.4) is 0 Å². The smallest absolute Gasteiger partial charge is 0.246 e. The van der Waals surface area contributed by atoms with E-state index in [2.05, 4.69) is 19.1 Å². The number of halogens is 1. The van der Waals surface area contributed by atoms with Crippen molar-refractivity contribution < 1.29 is 19.4 Å². The Labute approximate surface area is 219 Å². The average Bonchev–Trinajstić information content (AvgIpc) is 3.21. The molecular weight excluding hydrogens is 478 g/mol. The Morgan fingerprint density at radius 3 is 2.58 bits per heavy atom. The molecule has 0 aliphatic heterocycles. The van der Waals surface area contributed by atoms with Crippen LogP contribution in [0.1, 0.15) is 38.2 Å². The number of carbonyl (C=O) groups is 2. The Morgan fingerprint density at radius 2 is 1.92 bits per heavy atom. The van der Waals surface area contributed by atoms with Gasteiger partial charge in [-0.1, -0.05) is 48.9 Å². The van der Waals surface area contributed by atoms with Crippen LogP contribution < -0.4 is 10.6 Å². The molecule has 0 bridgehead atoms. The van der Waals surface area contributed by atoms with Crippen LogP contribution in [0.25, 0.3) is 11.1 Å². The lowest BCUT2D eigenvalue weighted by Gasteiger charge is -2.29. The molecule has 2 aromatic rings. The first kappa shape index (κ1) is 28.1. The molecule has 0 heterocycles. The van der Waals surface area contributed by atoms with Gasteiger partial charge < -0.3 is 25.4 Å². The average molecular weight is 516 g/mol. The van der Waals surface area contributed by atoms with E-state index >= 15 is 0 Å². The molecule has 1 saturated carbocycles. The normalized spacial score (nSPS) is 19.3. The van der Waals surface area contributed by atoms with E-state index in [1.807, 2.05) is 30.3 Å². The lowest BCUT2D eigenvalue weighted by Crippen LogP contribution is -2.43. The van der Waals surface area contributed by atoms with E-state index in [0.29, 0.717) is 31.0 Å². The third kappa shape index (κ3) is 6.85. The number of ether oxygens (including phenoxy) is 1. The van der Waals surface area contributed by atoms with Crippen LogP contribution in [0.5, 0.6) is 0 Å². The molecule has 1 fully saturated rings. The van der Waals surface area contributed by atoms with E-state index < -0.39 is 12.1 Å². The fraction of sp³-hybridized carbons (Fsp3) is 0.500. The van der Waals surface area contributed by atoms with Gasteiger partial charge in [0.05, 0.1) is 23.4 Å². The lowest BCUT2D eigenvalue weighted by atomic mass is 9.99. The zero-order valence-electron chi connectivity index (χ0n) is 21.5. The number of aliphatic hydroxyl groups is 1. The SMILES string of the molecule is CCc1cccc(-c2c(Cl)cccc2N(CCCCOC)C(=O)CN(C)C(=O)[C@H]2C[C@@H](N)[C@@H](O)C2)c1. The summed E-state index contributed by atoms with van der Waals surface area (Å²) in [6, 6.07) is 13.3. The van der Waals surface area contributed by atoms with Crippen molar-refractivity contribution in [2.24, 2.45) is 11.7 Å². The van der Waals surface area contributed by atoms with Crippen molar-refractivity contribution in [3.05, 3.63) is 53.1 Å². The summed E-state index contributed by atoms with van der Waals surface area (Å²) >= 11 is 6.70. The molecular formula is C28H38ClN3O4. The minimum Gasteiger partial charge on any atom is -0.391 e. The molecule has 1 aliphatic carbocycles. The number of likely N-dealkylation sites (N-methyl/N-ethyl adjacent to an activating group) is 1.